The van der Waals surface area contributed by atoms with Crippen LogP contribution in [-0.2, 0) is 33.4 Å². The minimum atomic E-state index is -4.16. The summed E-state index contributed by atoms with van der Waals surface area (Å²) < 4.78 is 57.8. The first-order valence-electron chi connectivity index (χ1n) is 30.1. The number of hydrogen-bond donors (Lipinski definition) is 6. The van der Waals surface area contributed by atoms with Crippen molar-refractivity contribution in [3.05, 3.63) is 0 Å². The highest BCUT2D eigenvalue weighted by atomic mass is 33.2. The molecular formula is C55H119NO8P4S4. The number of hydrogen-bond acceptors (Lipinski definition) is 8. The van der Waals surface area contributed by atoms with Crippen molar-refractivity contribution in [3.63, 3.8) is 0 Å². The molecular weight excluding hydrogens is 1050 g/mol. The average Bonchev–Trinajstić information content (AvgIpc) is 3.33. The summed E-state index contributed by atoms with van der Waals surface area (Å²) >= 11 is 0. The molecule has 8 atom stereocenters. The summed E-state index contributed by atoms with van der Waals surface area (Å²) in [6, 6.07) is 0. The molecule has 7 unspecified atom stereocenters. The number of amides is 1. The van der Waals surface area contributed by atoms with Crippen LogP contribution < -0.4 is 4.72 Å². The molecule has 0 heterocycles. The Hall–Kier alpha value is 0.960. The average molecular weight is 1180 g/mol. The van der Waals surface area contributed by atoms with Crippen molar-refractivity contribution < 1.29 is 38.3 Å². The summed E-state index contributed by atoms with van der Waals surface area (Å²) in [5, 5.41) is 0. The third kappa shape index (κ3) is 42.0. The highest BCUT2D eigenvalue weighted by Crippen LogP contribution is 2.91. The van der Waals surface area contributed by atoms with E-state index in [-0.39, 0.29) is 53.7 Å². The molecule has 0 radical (unpaired) electrons. The Morgan fingerprint density at radius 2 is 0.861 bits per heavy atom. The number of thiol groups is 4. The van der Waals surface area contributed by atoms with Gasteiger partial charge in [-0.15, -0.1) is 0 Å². The summed E-state index contributed by atoms with van der Waals surface area (Å²) in [6.45, 7) is 10.1. The van der Waals surface area contributed by atoms with Crippen molar-refractivity contribution in [1.29, 1.82) is 4.50 Å². The van der Waals surface area contributed by atoms with Crippen LogP contribution in [0.15, 0.2) is 0 Å². The summed E-state index contributed by atoms with van der Waals surface area (Å²) in [5.41, 5.74) is 1.65. The van der Waals surface area contributed by atoms with Gasteiger partial charge in [0.1, 0.15) is 13.2 Å². The van der Waals surface area contributed by atoms with Crippen molar-refractivity contribution in [2.45, 2.75) is 238 Å². The lowest BCUT2D eigenvalue weighted by atomic mass is 10.0. The van der Waals surface area contributed by atoms with Crippen molar-refractivity contribution in [2.75, 3.05) is 87.2 Å². The molecule has 9 nitrogen and oxygen atoms in total. The van der Waals surface area contributed by atoms with Gasteiger partial charge in [-0.1, -0.05) is 208 Å². The van der Waals surface area contributed by atoms with Crippen LogP contribution >= 0.6 is 69.5 Å². The van der Waals surface area contributed by atoms with Crippen molar-refractivity contribution >= 4 is 93.3 Å². The van der Waals surface area contributed by atoms with Crippen molar-refractivity contribution in [3.8, 4) is 0 Å². The lowest BCUT2D eigenvalue weighted by Crippen LogP contribution is -2.35. The molecule has 0 aromatic rings. The second-order valence-electron chi connectivity index (χ2n) is 21.4. The molecule has 0 aliphatic heterocycles. The van der Waals surface area contributed by atoms with Crippen LogP contribution in [0.1, 0.15) is 232 Å². The van der Waals surface area contributed by atoms with Crippen LogP contribution in [0.3, 0.4) is 0 Å². The largest absolute Gasteiger partial charge is 0.462 e. The van der Waals surface area contributed by atoms with Gasteiger partial charge in [-0.25, -0.2) is 40.1 Å². The molecule has 0 bridgehead atoms. The molecule has 0 rings (SSSR count). The van der Waals surface area contributed by atoms with E-state index in [2.05, 4.69) is 31.9 Å². The van der Waals surface area contributed by atoms with E-state index in [0.717, 1.165) is 38.5 Å². The molecule has 0 fully saturated rings. The third-order valence-corrected chi connectivity index (χ3v) is 54.2. The van der Waals surface area contributed by atoms with Gasteiger partial charge in [0.05, 0.1) is 10.9 Å². The Bertz CT molecular complexity index is 1590. The van der Waals surface area contributed by atoms with Crippen LogP contribution in [0.5, 0.6) is 0 Å². The van der Waals surface area contributed by atoms with Gasteiger partial charge in [-0.05, 0) is 76.7 Å². The Morgan fingerprint density at radius 3 is 1.25 bits per heavy atom. The zero-order chi connectivity index (χ0) is 57.6. The second kappa shape index (κ2) is 46.8. The molecule has 0 aliphatic rings. The number of carbonyl (C=O) groups is 4. The summed E-state index contributed by atoms with van der Waals surface area (Å²) in [7, 11) is -11.9. The topological polar surface area (TPSA) is 128 Å². The van der Waals surface area contributed by atoms with E-state index < -0.39 is 84.6 Å². The molecule has 17 heteroatoms. The highest BCUT2D eigenvalue weighted by molar-refractivity contribution is 9.09. The number of carbonyl (C=O) groups excluding carboxylic acids is 4. The standard InChI is InChI=1S/C55H119NO8P4S4/c1-12-14-16-18-20-22-24-26-28-30-32-34-36-38-40-42-53(58)62-46-51(64-55(60)43-41-39-37-35-33-31-29-27-25-23-21-19-17-15-13-2)47-63-54(59)45-44-52(57)56-72(9,10,11)68(5)71(8)50-67(4)70(7)49-66(3)69(6)48-65-61/h51,61,65,69-72H,12-50H2,1-11H3,(H,56,57)/t51-,66?,67?,68?/m1/s1/i69T,70T,71T,72T. The van der Waals surface area contributed by atoms with E-state index in [1.807, 2.05) is 25.4 Å². The predicted octanol–water partition coefficient (Wildman–Crippen LogP) is 17.6. The number of unbranched alkanes of at least 4 members (excludes halogenated alkanes) is 28. The van der Waals surface area contributed by atoms with Crippen LogP contribution in [0.25, 0.3) is 0 Å². The molecule has 72 heavy (non-hydrogen) atoms. The van der Waals surface area contributed by atoms with E-state index >= 15 is 0 Å². The van der Waals surface area contributed by atoms with E-state index in [0.29, 0.717) is 22.9 Å². The number of nitrogens with one attached hydrogen (secondary N) is 1. The quantitative estimate of drug-likeness (QED) is 0.0117. The molecule has 0 aromatic carbocycles. The van der Waals surface area contributed by atoms with E-state index in [1.165, 1.54) is 148 Å². The SMILES string of the molecule is [3H]S(C)(CPO)P(C)CS([3H])(C)P(C)CS([3H])(C)P(C)S([3H])(C)(C)(C)NC(=O)CCC(=O)OC[C@@H](COC(=O)CCCCCCCCCCCCCCCCC)OC(=O)CCCCCCCCCCCCCCCCC. The smallest absolute Gasteiger partial charge is 0.306 e. The van der Waals surface area contributed by atoms with Gasteiger partial charge in [-0.2, -0.15) is 0 Å². The molecule has 436 valence electrons. The summed E-state index contributed by atoms with van der Waals surface area (Å²) in [5.74, 6) is -1.95. The van der Waals surface area contributed by atoms with Crippen molar-refractivity contribution in [1.82, 2.24) is 4.72 Å². The first-order valence-corrected chi connectivity index (χ1v) is 46.4. The zero-order valence-corrected chi connectivity index (χ0v) is 55.4. The molecule has 0 aromatic heterocycles. The minimum Gasteiger partial charge on any atom is -0.462 e. The zero-order valence-electron chi connectivity index (χ0n) is 52.4. The number of rotatable bonds is 51. The first-order chi connectivity index (χ1) is 35.6. The van der Waals surface area contributed by atoms with Gasteiger partial charge < -0.3 is 23.8 Å². The van der Waals surface area contributed by atoms with Gasteiger partial charge in [0.15, 0.2) is 6.10 Å². The lowest BCUT2D eigenvalue weighted by Gasteiger charge is -2.60. The lowest BCUT2D eigenvalue weighted by molar-refractivity contribution is -0.167. The number of ether oxygens (including phenoxy) is 3. The third-order valence-electron chi connectivity index (χ3n) is 13.6. The van der Waals surface area contributed by atoms with Gasteiger partial charge >= 0.3 is 17.9 Å². The van der Waals surface area contributed by atoms with Gasteiger partial charge in [-0.3, -0.25) is 19.2 Å². The molecule has 0 saturated carbocycles. The maximum absolute atomic E-state index is 13.6. The predicted molar refractivity (Wildman–Crippen MR) is 343 cm³/mol. The van der Waals surface area contributed by atoms with Crippen molar-refractivity contribution in [2.24, 2.45) is 0 Å². The van der Waals surface area contributed by atoms with Crippen LogP contribution in [0.4, 0.5) is 0 Å². The molecule has 2 N–H and O–H groups in total. The van der Waals surface area contributed by atoms with Crippen LogP contribution in [0, 0.1) is 0 Å². The Kier molecular flexibility index (Phi) is 42.6. The van der Waals surface area contributed by atoms with Crippen LogP contribution in [0.2, 0.25) is 0 Å². The fourth-order valence-electron chi connectivity index (χ4n) is 8.42. The maximum atomic E-state index is 13.6. The second-order valence-corrected chi connectivity index (χ2v) is 54.3. The maximum Gasteiger partial charge on any atom is 0.306 e. The van der Waals surface area contributed by atoms with Gasteiger partial charge in [0, 0.05) is 44.6 Å². The van der Waals surface area contributed by atoms with E-state index in [4.69, 9.17) is 15.3 Å². The Morgan fingerprint density at radius 1 is 0.528 bits per heavy atom. The first kappa shape index (κ1) is 65.5. The molecule has 0 saturated heterocycles. The Balaban J connectivity index is 5.24. The summed E-state index contributed by atoms with van der Waals surface area (Å²) in [6.07, 6.45) is 45.6. The fraction of sp³-hybridized carbons (Fsp3) is 0.927. The van der Waals surface area contributed by atoms with Gasteiger partial charge in [0.2, 0.25) is 5.91 Å². The van der Waals surface area contributed by atoms with Gasteiger partial charge in [0.25, 0.3) is 0 Å². The molecule has 1 amide bonds. The van der Waals surface area contributed by atoms with E-state index in [1.54, 1.807) is 18.8 Å². The number of esters is 3. The fourth-order valence-corrected chi connectivity index (χ4v) is 48.4. The normalized spacial score (nSPS) is 19.4. The highest BCUT2D eigenvalue weighted by Gasteiger charge is 2.36. The molecule has 0 aliphatic carbocycles. The van der Waals surface area contributed by atoms with E-state index in [9.17, 15) is 27.4 Å². The summed E-state index contributed by atoms with van der Waals surface area (Å²) in [4.78, 5) is 62.2. The minimum absolute atomic E-state index is 0.223. The monoisotopic (exact) mass is 1180 g/mol. The molecule has 0 spiro atoms. The Labute approximate surface area is 463 Å². The van der Waals surface area contributed by atoms with Crippen LogP contribution in [-0.4, -0.2) is 127 Å².